The number of hydrogen-bond acceptors (Lipinski definition) is 4. The topological polar surface area (TPSA) is 80.3 Å². The fourth-order valence-corrected chi connectivity index (χ4v) is 4.83. The maximum Gasteiger partial charge on any atom is 2.00 e. The van der Waals surface area contributed by atoms with Crippen LogP contribution in [0.25, 0.3) is 0 Å². The largest absolute Gasteiger partial charge is 2.00 e. The second kappa shape index (κ2) is 47.1. The molecule has 0 saturated heterocycles. The van der Waals surface area contributed by atoms with E-state index in [9.17, 15) is 19.8 Å². The van der Waals surface area contributed by atoms with E-state index in [-0.39, 0.29) is 30.3 Å². The van der Waals surface area contributed by atoms with Crippen LogP contribution in [0.1, 0.15) is 217 Å². The molecule has 0 bridgehead atoms. The molecule has 0 spiro atoms. The van der Waals surface area contributed by atoms with Crippen molar-refractivity contribution >= 4 is 35.8 Å². The van der Waals surface area contributed by atoms with Crippen molar-refractivity contribution in [3.05, 3.63) is 49.2 Å². The van der Waals surface area contributed by atoms with Crippen molar-refractivity contribution in [2.24, 2.45) is 0 Å². The molecule has 272 valence electrons. The maximum absolute atomic E-state index is 10.7. The summed E-state index contributed by atoms with van der Waals surface area (Å²) < 4.78 is 0. The number of carboxylic acid groups (broad SMARTS) is 2. The Morgan fingerprint density at radius 3 is 1.13 bits per heavy atom. The van der Waals surface area contributed by atoms with E-state index in [0.717, 1.165) is 50.5 Å². The zero-order chi connectivity index (χ0) is 34.9. The van der Waals surface area contributed by atoms with Gasteiger partial charge in [-0.3, -0.25) is 0 Å². The summed E-state index contributed by atoms with van der Waals surface area (Å²) in [5, 5.41) is 21.0. The van der Waals surface area contributed by atoms with Crippen molar-refractivity contribution in [2.45, 2.75) is 207 Å². The van der Waals surface area contributed by atoms with Gasteiger partial charge in [0, 0.05) is 11.5 Å². The number of carbonyl (C=O) groups is 2. The molecule has 1 aromatic rings. The monoisotopic (exact) mass is 764 g/mol. The van der Waals surface area contributed by atoms with Gasteiger partial charge in [0.2, 0.25) is 0 Å². The van der Waals surface area contributed by atoms with Crippen molar-refractivity contribution in [2.75, 3.05) is 0 Å². The molecule has 0 aliphatic heterocycles. The van der Waals surface area contributed by atoms with Gasteiger partial charge < -0.3 is 19.8 Å². The van der Waals surface area contributed by atoms with E-state index < -0.39 is 11.9 Å². The minimum absolute atomic E-state index is 0. The first-order valence-electron chi connectivity index (χ1n) is 19.4. The van der Waals surface area contributed by atoms with Crippen LogP contribution in [0.2, 0.25) is 0 Å². The van der Waals surface area contributed by atoms with Gasteiger partial charge in [0.1, 0.15) is 0 Å². The van der Waals surface area contributed by atoms with E-state index in [4.69, 9.17) is 0 Å². The zero-order valence-electron chi connectivity index (χ0n) is 31.7. The average Bonchev–Trinajstić information content (AvgIpc) is 3.06. The zero-order valence-corrected chi connectivity index (χ0v) is 34.5. The molecular formula is C42H76O4Sn. The van der Waals surface area contributed by atoms with Crippen LogP contribution in [0.3, 0.4) is 0 Å². The van der Waals surface area contributed by atoms with Gasteiger partial charge in [0.15, 0.2) is 0 Å². The summed E-state index contributed by atoms with van der Waals surface area (Å²) in [5.74, 6) is -1.98. The Labute approximate surface area is 311 Å². The third kappa shape index (κ3) is 47.1. The van der Waals surface area contributed by atoms with Crippen molar-refractivity contribution in [3.8, 4) is 0 Å². The Balaban J connectivity index is -0.000000347. The first kappa shape index (κ1) is 52.8. The van der Waals surface area contributed by atoms with Crippen molar-refractivity contribution in [3.63, 3.8) is 0 Å². The van der Waals surface area contributed by atoms with Crippen LogP contribution in [-0.2, 0) is 11.2 Å². The Morgan fingerprint density at radius 1 is 0.511 bits per heavy atom. The normalized spacial score (nSPS) is 9.91. The van der Waals surface area contributed by atoms with Gasteiger partial charge in [0.05, 0.1) is 5.97 Å². The molecule has 0 atom stereocenters. The summed E-state index contributed by atoms with van der Waals surface area (Å²) in [5.41, 5.74) is 1.21. The number of aryl methyl sites for hydroxylation is 1. The first-order chi connectivity index (χ1) is 22.4. The Kier molecular flexibility index (Phi) is 52.9. The fourth-order valence-electron chi connectivity index (χ4n) is 4.83. The maximum atomic E-state index is 10.7. The van der Waals surface area contributed by atoms with Crippen LogP contribution in [0.15, 0.2) is 24.3 Å². The van der Waals surface area contributed by atoms with E-state index in [0.29, 0.717) is 5.56 Å². The molecule has 1 rings (SSSR count). The molecule has 0 unspecified atom stereocenters. The quantitative estimate of drug-likeness (QED) is 0.0660. The van der Waals surface area contributed by atoms with Gasteiger partial charge in [0.25, 0.3) is 0 Å². The molecule has 4 radical (unpaired) electrons. The summed E-state index contributed by atoms with van der Waals surface area (Å²) >= 11 is 0. The SMILES string of the molecule is CCCCCCCCCCCCCCCCCCCCCCC(=O)[O-].CCCCc1ccccc1C(=O)[O-].[CH2]CCC.[CH2]CCC.[Sn+2]. The van der Waals surface area contributed by atoms with Crippen LogP contribution >= 0.6 is 0 Å². The van der Waals surface area contributed by atoms with E-state index in [1.807, 2.05) is 12.1 Å². The molecule has 0 heterocycles. The van der Waals surface area contributed by atoms with Gasteiger partial charge in [-0.2, -0.15) is 0 Å². The molecule has 0 fully saturated rings. The summed E-state index contributed by atoms with van der Waals surface area (Å²) in [4.78, 5) is 21.0. The van der Waals surface area contributed by atoms with E-state index in [1.54, 1.807) is 12.1 Å². The molecule has 0 aliphatic rings. The second-order valence-corrected chi connectivity index (χ2v) is 12.6. The van der Waals surface area contributed by atoms with Crippen LogP contribution in [0.5, 0.6) is 0 Å². The third-order valence-electron chi connectivity index (χ3n) is 7.98. The van der Waals surface area contributed by atoms with Gasteiger partial charge in [-0.25, -0.2) is 0 Å². The average molecular weight is 764 g/mol. The third-order valence-corrected chi connectivity index (χ3v) is 7.98. The number of benzene rings is 1. The standard InChI is InChI=1S/C23H46O2.C11H14O2.2C4H9.Sn/c1-2-3-4-5-6-7-8-9-10-11-12-13-14-15-16-17-18-19-20-21-22-23(24)25;1-2-3-6-9-7-4-5-8-10(9)11(12)13;2*1-3-4-2;/h2-22H2,1H3,(H,24,25);4-5,7-8H,2-3,6H2,1H3,(H,12,13);2*1,3-4H2,2H3;/q;;;;+2/p-2. The number of carbonyl (C=O) groups excluding carboxylic acids is 2. The Bertz CT molecular complexity index is 729. The van der Waals surface area contributed by atoms with Gasteiger partial charge in [-0.15, -0.1) is 0 Å². The van der Waals surface area contributed by atoms with Crippen molar-refractivity contribution < 1.29 is 19.8 Å². The van der Waals surface area contributed by atoms with Crippen LogP contribution in [0.4, 0.5) is 0 Å². The predicted molar refractivity (Wildman–Crippen MR) is 203 cm³/mol. The second-order valence-electron chi connectivity index (χ2n) is 12.6. The number of aliphatic carboxylic acids is 1. The molecule has 0 saturated carbocycles. The smallest absolute Gasteiger partial charge is 0.550 e. The van der Waals surface area contributed by atoms with E-state index in [2.05, 4.69) is 41.5 Å². The number of aromatic carboxylic acids is 1. The number of unbranched alkanes of at least 4 members (excludes halogenated alkanes) is 22. The van der Waals surface area contributed by atoms with Crippen LogP contribution < -0.4 is 10.2 Å². The van der Waals surface area contributed by atoms with E-state index >= 15 is 0 Å². The van der Waals surface area contributed by atoms with Gasteiger partial charge >= 0.3 is 23.9 Å². The molecule has 47 heavy (non-hydrogen) atoms. The number of carboxylic acids is 2. The fraction of sp³-hybridized carbons (Fsp3) is 0.762. The number of rotatable bonds is 27. The summed E-state index contributed by atoms with van der Waals surface area (Å²) in [6.45, 7) is 15.8. The molecule has 0 aliphatic carbocycles. The molecule has 1 aromatic carbocycles. The predicted octanol–water partition coefficient (Wildman–Crippen LogP) is 11.2. The van der Waals surface area contributed by atoms with E-state index in [1.165, 1.54) is 128 Å². The van der Waals surface area contributed by atoms with Crippen LogP contribution in [0, 0.1) is 13.8 Å². The molecule has 0 amide bonds. The Morgan fingerprint density at radius 2 is 0.830 bits per heavy atom. The molecular weight excluding hydrogens is 687 g/mol. The minimum Gasteiger partial charge on any atom is -0.550 e. The first-order valence-corrected chi connectivity index (χ1v) is 19.4. The summed E-state index contributed by atoms with van der Waals surface area (Å²) in [6, 6.07) is 7.03. The van der Waals surface area contributed by atoms with Crippen molar-refractivity contribution in [1.29, 1.82) is 0 Å². The summed E-state index contributed by atoms with van der Waals surface area (Å²) in [7, 11) is 0. The molecule has 0 aromatic heterocycles. The minimum atomic E-state index is -1.08. The summed E-state index contributed by atoms with van der Waals surface area (Å²) in [6.07, 6.45) is 34.7. The molecule has 5 heteroatoms. The van der Waals surface area contributed by atoms with Gasteiger partial charge in [-0.1, -0.05) is 220 Å². The number of hydrogen-bond donors (Lipinski definition) is 0. The molecule has 4 nitrogen and oxygen atoms in total. The van der Waals surface area contributed by atoms with Crippen LogP contribution in [-0.4, -0.2) is 35.8 Å². The van der Waals surface area contributed by atoms with Gasteiger partial charge in [-0.05, 0) is 31.2 Å². The Hall–Kier alpha value is -1.04. The van der Waals surface area contributed by atoms with Crippen molar-refractivity contribution in [1.82, 2.24) is 0 Å². The molecule has 0 N–H and O–H groups in total.